The van der Waals surface area contributed by atoms with Crippen molar-refractivity contribution >= 4 is 5.78 Å². The van der Waals surface area contributed by atoms with Gasteiger partial charge < -0.3 is 9.84 Å². The summed E-state index contributed by atoms with van der Waals surface area (Å²) in [5, 5.41) is 10.0. The van der Waals surface area contributed by atoms with E-state index in [2.05, 4.69) is 0 Å². The first-order chi connectivity index (χ1) is 9.75. The highest BCUT2D eigenvalue weighted by Crippen LogP contribution is 2.33. The molecule has 0 amide bonds. The predicted octanol–water partition coefficient (Wildman–Crippen LogP) is 3.05. The van der Waals surface area contributed by atoms with Gasteiger partial charge in [0.25, 0.3) is 0 Å². The highest BCUT2D eigenvalue weighted by atomic mass is 16.5. The summed E-state index contributed by atoms with van der Waals surface area (Å²) in [6.45, 7) is 0.405. The first kappa shape index (κ1) is 12.6. The molecular formula is C17H14O3. The van der Waals surface area contributed by atoms with E-state index in [4.69, 9.17) is 4.74 Å². The smallest absolute Gasteiger partial charge is 0.186 e. The first-order valence-electron chi connectivity index (χ1n) is 6.46. The number of ether oxygens (including phenoxy) is 1. The number of aliphatic hydroxyl groups is 1. The number of carbonyl (C=O) groups is 1. The maximum Gasteiger partial charge on any atom is 0.186 e. The average Bonchev–Trinajstić information content (AvgIpc) is 2.50. The molecule has 0 aliphatic heterocycles. The van der Waals surface area contributed by atoms with Gasteiger partial charge in [-0.2, -0.15) is 0 Å². The quantitative estimate of drug-likeness (QED) is 0.928. The lowest BCUT2D eigenvalue weighted by molar-refractivity contribution is 0.103. The van der Waals surface area contributed by atoms with E-state index >= 15 is 0 Å². The predicted molar refractivity (Wildman–Crippen MR) is 75.6 cm³/mol. The SMILES string of the molecule is O=C1C=CC(O)c2c(OCc3ccccc3)cccc21. The molecule has 1 N–H and O–H groups in total. The summed E-state index contributed by atoms with van der Waals surface area (Å²) in [6.07, 6.45) is 2.09. The molecule has 0 heterocycles. The van der Waals surface area contributed by atoms with Crippen molar-refractivity contribution in [3.8, 4) is 5.75 Å². The zero-order valence-electron chi connectivity index (χ0n) is 10.8. The molecule has 1 atom stereocenters. The van der Waals surface area contributed by atoms with E-state index in [-0.39, 0.29) is 5.78 Å². The Morgan fingerprint density at radius 3 is 2.65 bits per heavy atom. The molecule has 1 unspecified atom stereocenters. The van der Waals surface area contributed by atoms with Crippen LogP contribution in [0.4, 0.5) is 0 Å². The maximum atomic E-state index is 11.8. The number of hydrogen-bond acceptors (Lipinski definition) is 3. The number of hydrogen-bond donors (Lipinski definition) is 1. The Hall–Kier alpha value is -2.39. The lowest BCUT2D eigenvalue weighted by Gasteiger charge is -2.19. The normalized spacial score (nSPS) is 16.9. The number of aliphatic hydroxyl groups excluding tert-OH is 1. The molecule has 2 aromatic carbocycles. The third-order valence-corrected chi connectivity index (χ3v) is 3.29. The molecule has 2 aromatic rings. The molecule has 100 valence electrons. The minimum Gasteiger partial charge on any atom is -0.488 e. The Morgan fingerprint density at radius 2 is 1.85 bits per heavy atom. The molecule has 0 bridgehead atoms. The zero-order chi connectivity index (χ0) is 13.9. The van der Waals surface area contributed by atoms with Crippen LogP contribution in [0.2, 0.25) is 0 Å². The summed E-state index contributed by atoms with van der Waals surface area (Å²) in [6, 6.07) is 15.0. The van der Waals surface area contributed by atoms with Crippen LogP contribution in [0.25, 0.3) is 0 Å². The number of rotatable bonds is 3. The summed E-state index contributed by atoms with van der Waals surface area (Å²) in [4.78, 5) is 11.8. The third-order valence-electron chi connectivity index (χ3n) is 3.29. The van der Waals surface area contributed by atoms with E-state index in [1.54, 1.807) is 18.2 Å². The van der Waals surface area contributed by atoms with Gasteiger partial charge in [0.15, 0.2) is 5.78 Å². The summed E-state index contributed by atoms with van der Waals surface area (Å²) in [7, 11) is 0. The molecule has 3 rings (SSSR count). The number of fused-ring (bicyclic) bond motifs is 1. The number of carbonyl (C=O) groups excluding carboxylic acids is 1. The van der Waals surface area contributed by atoms with Crippen molar-refractivity contribution in [2.24, 2.45) is 0 Å². The second-order valence-corrected chi connectivity index (χ2v) is 4.66. The van der Waals surface area contributed by atoms with Gasteiger partial charge in [-0.1, -0.05) is 42.5 Å². The van der Waals surface area contributed by atoms with Crippen LogP contribution < -0.4 is 4.74 Å². The van der Waals surface area contributed by atoms with E-state index in [0.29, 0.717) is 23.5 Å². The monoisotopic (exact) mass is 266 g/mol. The first-order valence-corrected chi connectivity index (χ1v) is 6.46. The fraction of sp³-hybridized carbons (Fsp3) is 0.118. The van der Waals surface area contributed by atoms with Gasteiger partial charge in [-0.15, -0.1) is 0 Å². The summed E-state index contributed by atoms with van der Waals surface area (Å²) < 4.78 is 5.76. The topological polar surface area (TPSA) is 46.5 Å². The molecule has 20 heavy (non-hydrogen) atoms. The fourth-order valence-electron chi connectivity index (χ4n) is 2.29. The largest absolute Gasteiger partial charge is 0.488 e. The van der Waals surface area contributed by atoms with Gasteiger partial charge in [-0.25, -0.2) is 0 Å². The van der Waals surface area contributed by atoms with Crippen LogP contribution in [0.3, 0.4) is 0 Å². The van der Waals surface area contributed by atoms with Gasteiger partial charge in [-0.05, 0) is 23.8 Å². The van der Waals surface area contributed by atoms with E-state index in [9.17, 15) is 9.90 Å². The molecular weight excluding hydrogens is 252 g/mol. The van der Waals surface area contributed by atoms with Crippen LogP contribution in [0.5, 0.6) is 5.75 Å². The average molecular weight is 266 g/mol. The van der Waals surface area contributed by atoms with Crippen molar-refractivity contribution in [3.05, 3.63) is 77.4 Å². The van der Waals surface area contributed by atoms with Crippen molar-refractivity contribution in [1.82, 2.24) is 0 Å². The maximum absolute atomic E-state index is 11.8. The second kappa shape index (κ2) is 5.31. The second-order valence-electron chi connectivity index (χ2n) is 4.66. The molecule has 0 spiro atoms. The zero-order valence-corrected chi connectivity index (χ0v) is 10.8. The van der Waals surface area contributed by atoms with Crippen molar-refractivity contribution in [2.75, 3.05) is 0 Å². The summed E-state index contributed by atoms with van der Waals surface area (Å²) >= 11 is 0. The van der Waals surface area contributed by atoms with Crippen molar-refractivity contribution < 1.29 is 14.6 Å². The highest BCUT2D eigenvalue weighted by Gasteiger charge is 2.23. The van der Waals surface area contributed by atoms with Crippen LogP contribution in [0.1, 0.15) is 27.6 Å². The third kappa shape index (κ3) is 2.36. The Labute approximate surface area is 117 Å². The lowest BCUT2D eigenvalue weighted by atomic mass is 9.93. The van der Waals surface area contributed by atoms with E-state index < -0.39 is 6.10 Å². The Bertz CT molecular complexity index is 659. The van der Waals surface area contributed by atoms with Gasteiger partial charge in [0.05, 0.1) is 0 Å². The Balaban J connectivity index is 1.88. The van der Waals surface area contributed by atoms with Gasteiger partial charge in [-0.3, -0.25) is 4.79 Å². The van der Waals surface area contributed by atoms with Crippen LogP contribution in [0.15, 0.2) is 60.7 Å². The van der Waals surface area contributed by atoms with E-state index in [0.717, 1.165) is 5.56 Å². The van der Waals surface area contributed by atoms with Crippen LogP contribution in [-0.2, 0) is 6.61 Å². The van der Waals surface area contributed by atoms with Crippen LogP contribution in [-0.4, -0.2) is 10.9 Å². The minimum atomic E-state index is -0.797. The molecule has 0 radical (unpaired) electrons. The van der Waals surface area contributed by atoms with Gasteiger partial charge >= 0.3 is 0 Å². The highest BCUT2D eigenvalue weighted by molar-refractivity contribution is 6.07. The van der Waals surface area contributed by atoms with E-state index in [1.807, 2.05) is 30.3 Å². The van der Waals surface area contributed by atoms with Crippen molar-refractivity contribution in [2.45, 2.75) is 12.7 Å². The van der Waals surface area contributed by atoms with Gasteiger partial charge in [0, 0.05) is 11.1 Å². The Kier molecular flexibility index (Phi) is 3.35. The van der Waals surface area contributed by atoms with Crippen molar-refractivity contribution in [1.29, 1.82) is 0 Å². The molecule has 3 heteroatoms. The molecule has 0 saturated carbocycles. The van der Waals surface area contributed by atoms with Crippen LogP contribution >= 0.6 is 0 Å². The Morgan fingerprint density at radius 1 is 1.05 bits per heavy atom. The fourth-order valence-corrected chi connectivity index (χ4v) is 2.29. The summed E-state index contributed by atoms with van der Waals surface area (Å²) in [5.41, 5.74) is 2.10. The number of benzene rings is 2. The number of ketones is 1. The molecule has 0 aromatic heterocycles. The molecule has 3 nitrogen and oxygen atoms in total. The lowest BCUT2D eigenvalue weighted by Crippen LogP contribution is -2.12. The molecule has 0 fully saturated rings. The standard InChI is InChI=1S/C17H14O3/c18-14-9-10-15(19)17-13(14)7-4-8-16(17)20-11-12-5-2-1-3-6-12/h1-10,15,19H,11H2. The molecule has 0 saturated heterocycles. The summed E-state index contributed by atoms with van der Waals surface area (Å²) in [5.74, 6) is 0.451. The van der Waals surface area contributed by atoms with Crippen molar-refractivity contribution in [3.63, 3.8) is 0 Å². The molecule has 1 aliphatic rings. The molecule has 1 aliphatic carbocycles. The number of allylic oxidation sites excluding steroid dienone is 1. The minimum absolute atomic E-state index is 0.101. The van der Waals surface area contributed by atoms with Crippen LogP contribution in [0, 0.1) is 0 Å². The van der Waals surface area contributed by atoms with Gasteiger partial charge in [0.1, 0.15) is 18.5 Å². The van der Waals surface area contributed by atoms with Gasteiger partial charge in [0.2, 0.25) is 0 Å². The van der Waals surface area contributed by atoms with E-state index in [1.165, 1.54) is 12.2 Å².